The van der Waals surface area contributed by atoms with Crippen molar-refractivity contribution in [2.24, 2.45) is 0 Å². The van der Waals surface area contributed by atoms with Crippen LogP contribution in [0.5, 0.6) is 0 Å². The third kappa shape index (κ3) is 5.32. The average Bonchev–Trinajstić information content (AvgIpc) is 3.08. The fourth-order valence-corrected chi connectivity index (χ4v) is 2.51. The lowest BCUT2D eigenvalue weighted by molar-refractivity contribution is -0.143. The van der Waals surface area contributed by atoms with E-state index in [0.29, 0.717) is 29.8 Å². The minimum Gasteiger partial charge on any atom is -0.462 e. The van der Waals surface area contributed by atoms with Gasteiger partial charge in [-0.05, 0) is 51.2 Å². The zero-order valence-electron chi connectivity index (χ0n) is 15.5. The molecule has 1 amide bonds. The van der Waals surface area contributed by atoms with Crippen molar-refractivity contribution >= 4 is 17.6 Å². The van der Waals surface area contributed by atoms with Gasteiger partial charge in [-0.2, -0.15) is 18.3 Å². The summed E-state index contributed by atoms with van der Waals surface area (Å²) >= 11 is 0. The first-order valence-corrected chi connectivity index (χ1v) is 8.65. The molecule has 0 radical (unpaired) electrons. The van der Waals surface area contributed by atoms with Gasteiger partial charge in [0, 0.05) is 12.1 Å². The number of esters is 1. The van der Waals surface area contributed by atoms with Crippen LogP contribution in [0.1, 0.15) is 35.8 Å². The molecule has 28 heavy (non-hydrogen) atoms. The highest BCUT2D eigenvalue weighted by Gasteiger charge is 2.41. The first-order valence-electron chi connectivity index (χ1n) is 8.65. The molecular formula is C18H21F3N4O3. The van der Waals surface area contributed by atoms with Crippen molar-refractivity contribution in [3.63, 3.8) is 0 Å². The highest BCUT2D eigenvalue weighted by atomic mass is 19.4. The van der Waals surface area contributed by atoms with Crippen molar-refractivity contribution in [1.82, 2.24) is 15.1 Å². The van der Waals surface area contributed by atoms with Crippen LogP contribution in [0, 0.1) is 0 Å². The number of alkyl halides is 3. The number of nitrogens with zero attached hydrogens (tertiary/aromatic N) is 2. The quantitative estimate of drug-likeness (QED) is 0.528. The molecule has 0 spiro atoms. The number of ether oxygens (including phenoxy) is 1. The van der Waals surface area contributed by atoms with Gasteiger partial charge in [0.15, 0.2) is 5.69 Å². The maximum Gasteiger partial charge on any atom is 0.434 e. The molecule has 0 aliphatic heterocycles. The number of carbonyl (C=O) groups is 2. The summed E-state index contributed by atoms with van der Waals surface area (Å²) < 4.78 is 45.8. The molecule has 0 aliphatic rings. The Kier molecular flexibility index (Phi) is 7.16. The van der Waals surface area contributed by atoms with E-state index >= 15 is 0 Å². The van der Waals surface area contributed by atoms with E-state index in [9.17, 15) is 22.8 Å². The number of anilines is 1. The van der Waals surface area contributed by atoms with Crippen molar-refractivity contribution in [2.75, 3.05) is 25.5 Å². The third-order valence-electron chi connectivity index (χ3n) is 3.76. The summed E-state index contributed by atoms with van der Waals surface area (Å²) in [7, 11) is 1.79. The topological polar surface area (TPSA) is 85.2 Å². The second-order valence-corrected chi connectivity index (χ2v) is 5.84. The van der Waals surface area contributed by atoms with Crippen LogP contribution in [0.4, 0.5) is 18.9 Å². The summed E-state index contributed by atoms with van der Waals surface area (Å²) in [6.45, 7) is 2.15. The summed E-state index contributed by atoms with van der Waals surface area (Å²) in [5.41, 5.74) is -1.33. The molecule has 1 heterocycles. The molecule has 1 aromatic heterocycles. The van der Waals surface area contributed by atoms with Gasteiger partial charge < -0.3 is 15.4 Å². The predicted molar refractivity (Wildman–Crippen MR) is 96.3 cm³/mol. The van der Waals surface area contributed by atoms with E-state index in [4.69, 9.17) is 0 Å². The number of hydrogen-bond donors (Lipinski definition) is 2. The van der Waals surface area contributed by atoms with Crippen LogP contribution in [0.15, 0.2) is 30.5 Å². The SMILES string of the molecule is CCOC(=O)c1cnn(-c2ccc(NC(=O)CCCNC)cc2)c1C(F)(F)F. The van der Waals surface area contributed by atoms with Gasteiger partial charge in [0.05, 0.1) is 18.5 Å². The lowest BCUT2D eigenvalue weighted by atomic mass is 10.2. The van der Waals surface area contributed by atoms with Crippen LogP contribution in [0.2, 0.25) is 0 Å². The number of carbonyl (C=O) groups excluding carboxylic acids is 2. The molecule has 0 atom stereocenters. The molecule has 0 unspecified atom stereocenters. The van der Waals surface area contributed by atoms with Crippen LogP contribution in [0.25, 0.3) is 5.69 Å². The number of aromatic nitrogens is 2. The molecule has 0 bridgehead atoms. The molecule has 0 aliphatic carbocycles. The largest absolute Gasteiger partial charge is 0.462 e. The number of rotatable bonds is 8. The van der Waals surface area contributed by atoms with E-state index in [2.05, 4.69) is 20.5 Å². The first kappa shape index (κ1) is 21.4. The zero-order chi connectivity index (χ0) is 20.7. The van der Waals surface area contributed by atoms with E-state index < -0.39 is 23.4 Å². The minimum absolute atomic E-state index is 0.0516. The van der Waals surface area contributed by atoms with Gasteiger partial charge >= 0.3 is 12.1 Å². The fraction of sp³-hybridized carbons (Fsp3) is 0.389. The number of amides is 1. The van der Waals surface area contributed by atoms with Crippen molar-refractivity contribution in [1.29, 1.82) is 0 Å². The summed E-state index contributed by atoms with van der Waals surface area (Å²) in [6.07, 6.45) is -2.99. The van der Waals surface area contributed by atoms with Crippen molar-refractivity contribution < 1.29 is 27.5 Å². The Bertz CT molecular complexity index is 816. The highest BCUT2D eigenvalue weighted by molar-refractivity contribution is 5.91. The Morgan fingerprint density at radius 1 is 1.21 bits per heavy atom. The summed E-state index contributed by atoms with van der Waals surface area (Å²) in [5, 5.41) is 9.30. The van der Waals surface area contributed by atoms with Crippen molar-refractivity contribution in [3.8, 4) is 5.69 Å². The van der Waals surface area contributed by atoms with Gasteiger partial charge in [-0.1, -0.05) is 0 Å². The summed E-state index contributed by atoms with van der Waals surface area (Å²) in [5.74, 6) is -1.28. The van der Waals surface area contributed by atoms with Crippen molar-refractivity contribution in [3.05, 3.63) is 41.7 Å². The van der Waals surface area contributed by atoms with Gasteiger partial charge in [0.2, 0.25) is 5.91 Å². The Hall–Kier alpha value is -2.88. The fourth-order valence-electron chi connectivity index (χ4n) is 2.51. The second kappa shape index (κ2) is 9.36. The Labute approximate surface area is 159 Å². The Morgan fingerprint density at radius 3 is 2.46 bits per heavy atom. The predicted octanol–water partition coefficient (Wildman–Crippen LogP) is 3.01. The standard InChI is InChI=1S/C18H21F3N4O3/c1-3-28-17(27)14-11-23-25(16(14)18(19,20)21)13-8-6-12(7-9-13)24-15(26)5-4-10-22-2/h6-9,11,22H,3-5,10H2,1-2H3,(H,24,26). The van der Waals surface area contributed by atoms with Gasteiger partial charge in [-0.15, -0.1) is 0 Å². The Morgan fingerprint density at radius 2 is 1.89 bits per heavy atom. The maximum atomic E-state index is 13.5. The van der Waals surface area contributed by atoms with E-state index in [-0.39, 0.29) is 18.2 Å². The molecule has 2 aromatic rings. The highest BCUT2D eigenvalue weighted by Crippen LogP contribution is 2.34. The number of halogens is 3. The van der Waals surface area contributed by atoms with Crippen LogP contribution in [-0.2, 0) is 15.7 Å². The molecule has 7 nitrogen and oxygen atoms in total. The summed E-state index contributed by atoms with van der Waals surface area (Å²) in [6, 6.07) is 5.69. The lowest BCUT2D eigenvalue weighted by Gasteiger charge is -2.13. The van der Waals surface area contributed by atoms with Gasteiger partial charge in [-0.3, -0.25) is 4.79 Å². The maximum absolute atomic E-state index is 13.5. The van der Waals surface area contributed by atoms with Gasteiger partial charge in [0.1, 0.15) is 5.56 Å². The molecule has 0 saturated carbocycles. The smallest absolute Gasteiger partial charge is 0.434 e. The molecule has 10 heteroatoms. The monoisotopic (exact) mass is 398 g/mol. The van der Waals surface area contributed by atoms with Crippen LogP contribution >= 0.6 is 0 Å². The first-order chi connectivity index (χ1) is 13.3. The van der Waals surface area contributed by atoms with Crippen LogP contribution < -0.4 is 10.6 Å². The van der Waals surface area contributed by atoms with Gasteiger partial charge in [-0.25, -0.2) is 9.48 Å². The minimum atomic E-state index is -4.81. The van der Waals surface area contributed by atoms with E-state index in [1.807, 2.05) is 0 Å². The Balaban J connectivity index is 2.24. The summed E-state index contributed by atoms with van der Waals surface area (Å²) in [4.78, 5) is 23.6. The molecule has 2 N–H and O–H groups in total. The zero-order valence-corrected chi connectivity index (χ0v) is 15.5. The number of nitrogens with one attached hydrogen (secondary N) is 2. The molecule has 0 fully saturated rings. The molecule has 2 rings (SSSR count). The molecule has 152 valence electrons. The van der Waals surface area contributed by atoms with Crippen LogP contribution in [0.3, 0.4) is 0 Å². The molecule has 1 aromatic carbocycles. The molecular weight excluding hydrogens is 377 g/mol. The second-order valence-electron chi connectivity index (χ2n) is 5.84. The van der Waals surface area contributed by atoms with Crippen LogP contribution in [-0.4, -0.2) is 41.9 Å². The van der Waals surface area contributed by atoms with Gasteiger partial charge in [0.25, 0.3) is 0 Å². The number of benzene rings is 1. The average molecular weight is 398 g/mol. The lowest BCUT2D eigenvalue weighted by Crippen LogP contribution is -2.18. The van der Waals surface area contributed by atoms with Crippen molar-refractivity contribution in [2.45, 2.75) is 25.9 Å². The van der Waals surface area contributed by atoms with E-state index in [0.717, 1.165) is 6.20 Å². The normalized spacial score (nSPS) is 11.3. The van der Waals surface area contributed by atoms with E-state index in [1.165, 1.54) is 31.2 Å². The number of hydrogen-bond acceptors (Lipinski definition) is 5. The van der Waals surface area contributed by atoms with E-state index in [1.54, 1.807) is 7.05 Å². The third-order valence-corrected chi connectivity index (χ3v) is 3.76. The molecule has 0 saturated heterocycles.